The summed E-state index contributed by atoms with van der Waals surface area (Å²) in [7, 11) is 0. The van der Waals surface area contributed by atoms with Gasteiger partial charge in [-0.25, -0.2) is 0 Å². The highest BCUT2D eigenvalue weighted by molar-refractivity contribution is 5.73. The third-order valence-corrected chi connectivity index (χ3v) is 6.77. The van der Waals surface area contributed by atoms with E-state index < -0.39 is 5.60 Å². The topological polar surface area (TPSA) is 74.7 Å². The van der Waals surface area contributed by atoms with E-state index in [-0.39, 0.29) is 19.1 Å². The van der Waals surface area contributed by atoms with Gasteiger partial charge >= 0.3 is 0 Å². The Hall–Kier alpha value is -2.65. The Kier molecular flexibility index (Phi) is 9.20. The number of morpholine rings is 1. The summed E-state index contributed by atoms with van der Waals surface area (Å²) in [5.41, 5.74) is 1.11. The van der Waals surface area contributed by atoms with Crippen molar-refractivity contribution in [2.24, 2.45) is 0 Å². The molecule has 1 amide bonds. The zero-order valence-electron chi connectivity index (χ0n) is 21.5. The van der Waals surface area contributed by atoms with E-state index in [1.165, 1.54) is 0 Å². The van der Waals surface area contributed by atoms with Crippen LogP contribution in [0.4, 0.5) is 0 Å². The van der Waals surface area contributed by atoms with E-state index in [1.807, 2.05) is 43.3 Å². The van der Waals surface area contributed by atoms with Gasteiger partial charge in [0.1, 0.15) is 30.3 Å². The fourth-order valence-electron chi connectivity index (χ4n) is 4.66. The fraction of sp³-hybridized carbons (Fsp3) is 0.536. The summed E-state index contributed by atoms with van der Waals surface area (Å²) in [4.78, 5) is 18.4. The first-order valence-electron chi connectivity index (χ1n) is 12.8. The van der Waals surface area contributed by atoms with Gasteiger partial charge in [0.25, 0.3) is 0 Å². The predicted octanol–water partition coefficient (Wildman–Crippen LogP) is 2.18. The zero-order valence-corrected chi connectivity index (χ0v) is 21.5. The number of amides is 1. The number of aliphatic hydroxyl groups is 1. The van der Waals surface area contributed by atoms with Gasteiger partial charge in [-0.05, 0) is 36.8 Å². The van der Waals surface area contributed by atoms with Gasteiger partial charge in [0.2, 0.25) is 5.91 Å². The molecule has 8 nitrogen and oxygen atoms in total. The minimum atomic E-state index is -1.17. The molecule has 1 N–H and O–H groups in total. The van der Waals surface area contributed by atoms with Crippen LogP contribution in [0.3, 0.4) is 0 Å². The normalized spacial score (nSPS) is 21.7. The van der Waals surface area contributed by atoms with Crippen molar-refractivity contribution in [1.82, 2.24) is 14.7 Å². The smallest absolute Gasteiger partial charge is 0.219 e. The molecule has 0 aromatic heterocycles. The molecule has 2 aromatic carbocycles. The molecule has 0 spiro atoms. The highest BCUT2D eigenvalue weighted by Gasteiger charge is 2.36. The number of benzene rings is 2. The Morgan fingerprint density at radius 1 is 0.917 bits per heavy atom. The quantitative estimate of drug-likeness (QED) is 0.569. The molecule has 1 atom stereocenters. The minimum absolute atomic E-state index is 0.0378. The maximum Gasteiger partial charge on any atom is 0.219 e. The molecule has 0 aliphatic carbocycles. The van der Waals surface area contributed by atoms with Gasteiger partial charge in [0.05, 0.1) is 19.8 Å². The van der Waals surface area contributed by atoms with Crippen LogP contribution in [0.1, 0.15) is 18.1 Å². The number of nitrogens with zero attached hydrogens (tertiary/aromatic N) is 3. The number of carbonyl (C=O) groups excluding carboxylic acids is 1. The molecule has 2 aromatic rings. The van der Waals surface area contributed by atoms with E-state index in [0.29, 0.717) is 38.5 Å². The number of aryl methyl sites for hydroxylation is 1. The van der Waals surface area contributed by atoms with Crippen LogP contribution < -0.4 is 9.47 Å². The molecule has 2 saturated heterocycles. The minimum Gasteiger partial charge on any atom is -0.492 e. The molecule has 2 fully saturated rings. The standard InChI is InChI=1S/C28H39N3O5/c1-23-3-7-27(8-4-23)36-22-28(33)20-30(11-12-31(21-28)24(2)32)19-25-5-9-26(10-6-25)35-18-15-29-13-16-34-17-14-29/h3-10,33H,11-22H2,1-2H3. The Morgan fingerprint density at radius 2 is 1.58 bits per heavy atom. The predicted molar refractivity (Wildman–Crippen MR) is 138 cm³/mol. The molecular formula is C28H39N3O5. The molecule has 1 unspecified atom stereocenters. The van der Waals surface area contributed by atoms with Gasteiger partial charge in [-0.1, -0.05) is 29.8 Å². The van der Waals surface area contributed by atoms with Gasteiger partial charge in [-0.3, -0.25) is 14.6 Å². The Morgan fingerprint density at radius 3 is 2.28 bits per heavy atom. The van der Waals surface area contributed by atoms with Crippen LogP contribution in [0, 0.1) is 6.92 Å². The zero-order chi connectivity index (χ0) is 25.4. The van der Waals surface area contributed by atoms with Crippen LogP contribution in [-0.4, -0.2) is 104 Å². The first-order valence-corrected chi connectivity index (χ1v) is 12.8. The van der Waals surface area contributed by atoms with Crippen molar-refractivity contribution in [2.45, 2.75) is 26.0 Å². The summed E-state index contributed by atoms with van der Waals surface area (Å²) in [5.74, 6) is 1.53. The van der Waals surface area contributed by atoms with Gasteiger partial charge < -0.3 is 24.2 Å². The third-order valence-electron chi connectivity index (χ3n) is 6.77. The number of hydrogen-bond donors (Lipinski definition) is 1. The number of carbonyl (C=O) groups is 1. The van der Waals surface area contributed by atoms with Crippen molar-refractivity contribution < 1.29 is 24.1 Å². The second-order valence-electron chi connectivity index (χ2n) is 9.92. The molecule has 4 rings (SSSR count). The molecule has 0 bridgehead atoms. The lowest BCUT2D eigenvalue weighted by Gasteiger charge is -2.32. The highest BCUT2D eigenvalue weighted by atomic mass is 16.5. The van der Waals surface area contributed by atoms with E-state index in [4.69, 9.17) is 14.2 Å². The third kappa shape index (κ3) is 7.93. The lowest BCUT2D eigenvalue weighted by atomic mass is 10.0. The second kappa shape index (κ2) is 12.5. The summed E-state index contributed by atoms with van der Waals surface area (Å²) in [6.07, 6.45) is 0. The van der Waals surface area contributed by atoms with Crippen LogP contribution in [0.2, 0.25) is 0 Å². The van der Waals surface area contributed by atoms with Crippen LogP contribution in [0.5, 0.6) is 11.5 Å². The molecule has 2 aliphatic heterocycles. The average molecular weight is 498 g/mol. The fourth-order valence-corrected chi connectivity index (χ4v) is 4.66. The summed E-state index contributed by atoms with van der Waals surface area (Å²) >= 11 is 0. The first kappa shape index (κ1) is 26.4. The first-order chi connectivity index (χ1) is 17.4. The molecule has 36 heavy (non-hydrogen) atoms. The lowest BCUT2D eigenvalue weighted by Crippen LogP contribution is -2.51. The molecule has 0 radical (unpaired) electrons. The largest absolute Gasteiger partial charge is 0.492 e. The van der Waals surface area contributed by atoms with E-state index in [2.05, 4.69) is 21.9 Å². The number of β-amino-alcohol motifs (C(OH)–C–C–N with tert-alkyl or cyclic N) is 1. The lowest BCUT2D eigenvalue weighted by molar-refractivity contribution is -0.132. The van der Waals surface area contributed by atoms with Crippen molar-refractivity contribution in [3.63, 3.8) is 0 Å². The molecule has 2 heterocycles. The number of ether oxygens (including phenoxy) is 3. The maximum absolute atomic E-state index is 12.2. The van der Waals surface area contributed by atoms with Crippen LogP contribution in [-0.2, 0) is 16.1 Å². The summed E-state index contributed by atoms with van der Waals surface area (Å²) in [6, 6.07) is 15.9. The Balaban J connectivity index is 1.32. The number of rotatable bonds is 9. The van der Waals surface area contributed by atoms with Crippen molar-refractivity contribution >= 4 is 5.91 Å². The van der Waals surface area contributed by atoms with Crippen molar-refractivity contribution in [2.75, 3.05) is 72.2 Å². The SMILES string of the molecule is CC(=O)N1CCN(Cc2ccc(OCCN3CCOCC3)cc2)CC(O)(COc2ccc(C)cc2)C1. The summed E-state index contributed by atoms with van der Waals surface area (Å²) in [6.45, 7) is 11.3. The average Bonchev–Trinajstić information content (AvgIpc) is 3.04. The molecule has 0 saturated carbocycles. The monoisotopic (exact) mass is 497 g/mol. The van der Waals surface area contributed by atoms with Gasteiger partial charge in [-0.15, -0.1) is 0 Å². The van der Waals surface area contributed by atoms with Crippen molar-refractivity contribution in [1.29, 1.82) is 0 Å². The Labute approximate surface area is 214 Å². The maximum atomic E-state index is 12.2. The van der Waals surface area contributed by atoms with Crippen molar-refractivity contribution in [3.05, 3.63) is 59.7 Å². The van der Waals surface area contributed by atoms with E-state index in [1.54, 1.807) is 11.8 Å². The van der Waals surface area contributed by atoms with Gasteiger partial charge in [0.15, 0.2) is 0 Å². The van der Waals surface area contributed by atoms with Crippen LogP contribution in [0.15, 0.2) is 48.5 Å². The summed E-state index contributed by atoms with van der Waals surface area (Å²) < 4.78 is 17.3. The van der Waals surface area contributed by atoms with Gasteiger partial charge in [-0.2, -0.15) is 0 Å². The van der Waals surface area contributed by atoms with E-state index >= 15 is 0 Å². The van der Waals surface area contributed by atoms with Crippen molar-refractivity contribution in [3.8, 4) is 11.5 Å². The van der Waals surface area contributed by atoms with Crippen LogP contribution in [0.25, 0.3) is 0 Å². The molecule has 8 heteroatoms. The Bertz CT molecular complexity index is 962. The van der Waals surface area contributed by atoms with Gasteiger partial charge in [0, 0.05) is 52.7 Å². The second-order valence-corrected chi connectivity index (χ2v) is 9.92. The van der Waals surface area contributed by atoms with E-state index in [0.717, 1.165) is 49.7 Å². The highest BCUT2D eigenvalue weighted by Crippen LogP contribution is 2.21. The van der Waals surface area contributed by atoms with Crippen LogP contribution >= 0.6 is 0 Å². The molecule has 2 aliphatic rings. The number of hydrogen-bond acceptors (Lipinski definition) is 7. The molecular weight excluding hydrogens is 458 g/mol. The molecule has 196 valence electrons. The van der Waals surface area contributed by atoms with E-state index in [9.17, 15) is 9.90 Å². The summed E-state index contributed by atoms with van der Waals surface area (Å²) in [5, 5.41) is 11.5.